The summed E-state index contributed by atoms with van der Waals surface area (Å²) >= 11 is 11.6. The van der Waals surface area contributed by atoms with E-state index in [4.69, 9.17) is 32.6 Å². The van der Waals surface area contributed by atoms with E-state index in [9.17, 15) is 9.36 Å². The van der Waals surface area contributed by atoms with E-state index in [1.54, 1.807) is 9.57 Å². The van der Waals surface area contributed by atoms with Gasteiger partial charge < -0.3 is 9.42 Å². The molecule has 1 aliphatic rings. The van der Waals surface area contributed by atoms with Gasteiger partial charge in [-0.2, -0.15) is 0 Å². The van der Waals surface area contributed by atoms with Crippen molar-refractivity contribution in [3.05, 3.63) is 0 Å². The van der Waals surface area contributed by atoms with Crippen LogP contribution < -0.4 is 5.09 Å². The molecule has 1 aliphatic heterocycles. The number of halogens is 2. The second-order valence-corrected chi connectivity index (χ2v) is 8.23. The molecule has 1 N–H and O–H groups in total. The topological polar surface area (TPSA) is 74.4 Å². The van der Waals surface area contributed by atoms with Crippen molar-refractivity contribution in [1.82, 2.24) is 19.7 Å². The van der Waals surface area contributed by atoms with E-state index in [0.29, 0.717) is 50.9 Å². The molecular weight excluding hydrogens is 390 g/mol. The Morgan fingerprint density at radius 3 is 2.28 bits per heavy atom. The van der Waals surface area contributed by atoms with Gasteiger partial charge in [0.15, 0.2) is 0 Å². The van der Waals surface area contributed by atoms with Crippen molar-refractivity contribution in [2.24, 2.45) is 0 Å². The van der Waals surface area contributed by atoms with E-state index >= 15 is 0 Å². The average molecular weight is 419 g/mol. The fourth-order valence-corrected chi connectivity index (χ4v) is 5.10. The fourth-order valence-electron chi connectivity index (χ4n) is 2.44. The zero-order valence-electron chi connectivity index (χ0n) is 15.1. The molecule has 0 aromatic rings. The minimum atomic E-state index is -3.31. The molecule has 0 aliphatic carbocycles. The van der Waals surface area contributed by atoms with E-state index in [-0.39, 0.29) is 12.6 Å². The second-order valence-electron chi connectivity index (χ2n) is 5.35. The van der Waals surface area contributed by atoms with Crippen LogP contribution in [0.3, 0.4) is 0 Å². The van der Waals surface area contributed by atoms with Gasteiger partial charge in [0, 0.05) is 50.9 Å². The molecule has 2 amide bonds. The highest BCUT2D eigenvalue weighted by molar-refractivity contribution is 7.54. The Bertz CT molecular complexity index is 451. The van der Waals surface area contributed by atoms with Crippen LogP contribution in [0.15, 0.2) is 0 Å². The number of carbonyl (C=O) groups excluding carboxylic acids is 1. The third-order valence-corrected chi connectivity index (χ3v) is 6.43. The first kappa shape index (κ1) is 23.0. The summed E-state index contributed by atoms with van der Waals surface area (Å²) in [6.45, 7) is 8.22. The Hall–Kier alpha value is -0.0800. The van der Waals surface area contributed by atoms with Crippen LogP contribution in [0.25, 0.3) is 0 Å². The number of alkyl halides is 2. The Kier molecular flexibility index (Phi) is 10.6. The molecule has 25 heavy (non-hydrogen) atoms. The van der Waals surface area contributed by atoms with Gasteiger partial charge in [-0.05, 0) is 20.8 Å². The lowest BCUT2D eigenvalue weighted by Crippen LogP contribution is -2.49. The fraction of sp³-hybridized carbons (Fsp3) is 0.929. The minimum Gasteiger partial charge on any atom is -0.323 e. The molecular formula is C14H29Cl2N4O4P. The van der Waals surface area contributed by atoms with Crippen LogP contribution in [0, 0.1) is 0 Å². The van der Waals surface area contributed by atoms with Gasteiger partial charge >= 0.3 is 13.7 Å². The Morgan fingerprint density at radius 1 is 1.20 bits per heavy atom. The predicted molar refractivity (Wildman–Crippen MR) is 99.9 cm³/mol. The first-order valence-corrected chi connectivity index (χ1v) is 11.2. The van der Waals surface area contributed by atoms with Gasteiger partial charge in [-0.1, -0.05) is 0 Å². The predicted octanol–water partition coefficient (Wildman–Crippen LogP) is 2.93. The Balaban J connectivity index is 2.78. The zero-order chi connectivity index (χ0) is 18.9. The summed E-state index contributed by atoms with van der Waals surface area (Å²) in [5.74, 6) is 0.609. The molecule has 148 valence electrons. The molecule has 0 aromatic carbocycles. The maximum Gasteiger partial charge on any atom is 0.345 e. The summed E-state index contributed by atoms with van der Waals surface area (Å²) in [4.78, 5) is 19.9. The summed E-state index contributed by atoms with van der Waals surface area (Å²) in [6, 6.07) is -0.214. The van der Waals surface area contributed by atoms with Crippen LogP contribution in [-0.4, -0.2) is 78.0 Å². The minimum absolute atomic E-state index is 0.214. The number of hydrogen-bond acceptors (Lipinski definition) is 4. The van der Waals surface area contributed by atoms with Crippen molar-refractivity contribution in [1.29, 1.82) is 0 Å². The number of urea groups is 1. The third kappa shape index (κ3) is 6.54. The van der Waals surface area contributed by atoms with E-state index in [2.05, 4.69) is 5.09 Å². The number of nitrogens with one attached hydrogen (secondary N) is 1. The summed E-state index contributed by atoms with van der Waals surface area (Å²) in [7, 11) is -3.31. The molecule has 0 aromatic heterocycles. The lowest BCUT2D eigenvalue weighted by atomic mass is 10.4. The number of hydroxylamine groups is 2. The van der Waals surface area contributed by atoms with Crippen molar-refractivity contribution in [3.63, 3.8) is 0 Å². The van der Waals surface area contributed by atoms with Gasteiger partial charge in [0.25, 0.3) is 0 Å². The number of amides is 2. The number of hydrogen-bond donors (Lipinski definition) is 1. The highest BCUT2D eigenvalue weighted by atomic mass is 35.5. The van der Waals surface area contributed by atoms with Crippen LogP contribution in [0.1, 0.15) is 27.2 Å². The standard InChI is InChI=1S/C14H29Cl2N4O4P/c1-4-18(5-2)14(21)20(6-3)24-13-7-12-23-25(22,17-13)19(10-8-15)11-9-16/h13H,4-12H2,1-3H3,(H,17,22). The van der Waals surface area contributed by atoms with Gasteiger partial charge in [-0.3, -0.25) is 4.57 Å². The van der Waals surface area contributed by atoms with Gasteiger partial charge in [-0.15, -0.1) is 23.2 Å². The molecule has 11 heteroatoms. The van der Waals surface area contributed by atoms with E-state index < -0.39 is 13.9 Å². The molecule has 8 nitrogen and oxygen atoms in total. The maximum absolute atomic E-state index is 13.1. The maximum atomic E-state index is 13.1. The van der Waals surface area contributed by atoms with Crippen molar-refractivity contribution < 1.29 is 18.7 Å². The van der Waals surface area contributed by atoms with E-state index in [1.807, 2.05) is 20.8 Å². The first-order chi connectivity index (χ1) is 11.9. The number of carbonyl (C=O) groups is 1. The summed E-state index contributed by atoms with van der Waals surface area (Å²) in [5, 5.41) is 4.19. The Labute approximate surface area is 160 Å². The third-order valence-electron chi connectivity index (χ3n) is 3.80. The van der Waals surface area contributed by atoms with E-state index in [0.717, 1.165) is 0 Å². The molecule has 1 fully saturated rings. The van der Waals surface area contributed by atoms with Crippen molar-refractivity contribution in [2.75, 3.05) is 51.1 Å². The monoisotopic (exact) mass is 418 g/mol. The molecule has 0 saturated carbocycles. The van der Waals surface area contributed by atoms with Crippen LogP contribution in [0.2, 0.25) is 0 Å². The molecule has 2 atom stereocenters. The van der Waals surface area contributed by atoms with Crippen molar-refractivity contribution >= 4 is 36.9 Å². The lowest BCUT2D eigenvalue weighted by molar-refractivity contribution is -0.176. The number of nitrogens with zero attached hydrogens (tertiary/aromatic N) is 3. The van der Waals surface area contributed by atoms with Gasteiger partial charge in [-0.25, -0.2) is 24.5 Å². The van der Waals surface area contributed by atoms with Gasteiger partial charge in [0.1, 0.15) is 6.23 Å². The Morgan fingerprint density at radius 2 is 1.80 bits per heavy atom. The molecule has 1 saturated heterocycles. The lowest BCUT2D eigenvalue weighted by Gasteiger charge is -2.38. The first-order valence-electron chi connectivity index (χ1n) is 8.58. The SMILES string of the molecule is CCN(CC)C(=O)N(CC)OC1CCOP(=O)(N(CCCl)CCCl)N1. The van der Waals surface area contributed by atoms with Crippen LogP contribution in [-0.2, 0) is 13.9 Å². The molecule has 2 unspecified atom stereocenters. The van der Waals surface area contributed by atoms with Crippen LogP contribution >= 0.6 is 30.9 Å². The second kappa shape index (κ2) is 11.6. The molecule has 0 radical (unpaired) electrons. The zero-order valence-corrected chi connectivity index (χ0v) is 17.5. The van der Waals surface area contributed by atoms with Crippen molar-refractivity contribution in [2.45, 2.75) is 33.4 Å². The highest BCUT2D eigenvalue weighted by Gasteiger charge is 2.39. The molecule has 0 spiro atoms. The van der Waals surface area contributed by atoms with Crippen molar-refractivity contribution in [3.8, 4) is 0 Å². The molecule has 0 bridgehead atoms. The van der Waals surface area contributed by atoms with E-state index in [1.165, 1.54) is 5.06 Å². The van der Waals surface area contributed by atoms with Crippen LogP contribution in [0.4, 0.5) is 4.79 Å². The smallest absolute Gasteiger partial charge is 0.323 e. The highest BCUT2D eigenvalue weighted by Crippen LogP contribution is 2.49. The average Bonchev–Trinajstić information content (AvgIpc) is 2.60. The molecule has 1 rings (SSSR count). The largest absolute Gasteiger partial charge is 0.345 e. The van der Waals surface area contributed by atoms with Gasteiger partial charge in [0.2, 0.25) is 0 Å². The van der Waals surface area contributed by atoms with Gasteiger partial charge in [0.05, 0.1) is 6.61 Å². The summed E-state index contributed by atoms with van der Waals surface area (Å²) in [6.07, 6.45) is -0.117. The normalized spacial score (nSPS) is 23.7. The number of rotatable bonds is 10. The quantitative estimate of drug-likeness (QED) is 0.334. The van der Waals surface area contributed by atoms with Crippen LogP contribution in [0.5, 0.6) is 0 Å². The summed E-state index contributed by atoms with van der Waals surface area (Å²) in [5.41, 5.74) is 0. The molecule has 1 heterocycles. The summed E-state index contributed by atoms with van der Waals surface area (Å²) < 4.78 is 20.2.